The highest BCUT2D eigenvalue weighted by Crippen LogP contribution is 2.33. The van der Waals surface area contributed by atoms with Crippen molar-refractivity contribution in [1.82, 2.24) is 24.8 Å². The molecule has 0 atom stereocenters. The molecule has 0 radical (unpaired) electrons. The van der Waals surface area contributed by atoms with Crippen molar-refractivity contribution < 1.29 is 14.3 Å². The summed E-state index contributed by atoms with van der Waals surface area (Å²) in [5.41, 5.74) is 4.13. The van der Waals surface area contributed by atoms with Gasteiger partial charge in [-0.15, -0.1) is 10.2 Å². The number of nitrogens with one attached hydrogen (secondary N) is 1. The maximum atomic E-state index is 12.8. The molecule has 4 heterocycles. The first-order chi connectivity index (χ1) is 16.2. The van der Waals surface area contributed by atoms with Crippen molar-refractivity contribution in [3.63, 3.8) is 0 Å². The van der Waals surface area contributed by atoms with E-state index >= 15 is 0 Å². The van der Waals surface area contributed by atoms with E-state index in [1.54, 1.807) is 35.1 Å². The average Bonchev–Trinajstić information content (AvgIpc) is 3.51. The number of aromatic nitrogens is 5. The smallest absolute Gasteiger partial charge is 0.255 e. The number of fused-ring (bicyclic) bond motifs is 2. The van der Waals surface area contributed by atoms with Crippen LogP contribution in [0.2, 0.25) is 0 Å². The molecule has 0 aliphatic carbocycles. The summed E-state index contributed by atoms with van der Waals surface area (Å²) >= 11 is 0. The van der Waals surface area contributed by atoms with Crippen LogP contribution in [0.4, 0.5) is 5.69 Å². The Balaban J connectivity index is 1.30. The first-order valence-corrected chi connectivity index (χ1v) is 10.2. The number of hydrogen-bond donors (Lipinski definition) is 1. The molecule has 0 fully saturated rings. The number of carbonyl (C=O) groups is 1. The molecule has 1 N–H and O–H groups in total. The van der Waals surface area contributed by atoms with Gasteiger partial charge in [-0.3, -0.25) is 9.78 Å². The minimum Gasteiger partial charge on any atom is -0.454 e. The third kappa shape index (κ3) is 3.51. The molecule has 0 unspecified atom stereocenters. The molecule has 9 nitrogen and oxygen atoms in total. The van der Waals surface area contributed by atoms with E-state index in [9.17, 15) is 4.79 Å². The predicted molar refractivity (Wildman–Crippen MR) is 120 cm³/mol. The maximum Gasteiger partial charge on any atom is 0.255 e. The lowest BCUT2D eigenvalue weighted by molar-refractivity contribution is 0.102. The summed E-state index contributed by atoms with van der Waals surface area (Å²) in [5, 5.41) is 16.1. The van der Waals surface area contributed by atoms with Crippen molar-refractivity contribution in [2.45, 2.75) is 0 Å². The normalized spacial score (nSPS) is 12.1. The average molecular weight is 436 g/mol. The van der Waals surface area contributed by atoms with Crippen LogP contribution in [0.25, 0.3) is 28.3 Å². The SMILES string of the molecule is O=C(Nc1cccc(-c2ccc3nnc(-c4cccnc4)n3n2)c1)c1ccc2c(c1)OCO2. The Labute approximate surface area is 187 Å². The second-order valence-corrected chi connectivity index (χ2v) is 7.36. The Bertz CT molecular complexity index is 1500. The minimum absolute atomic E-state index is 0.161. The fraction of sp³-hybridized carbons (Fsp3) is 0.0417. The zero-order valence-electron chi connectivity index (χ0n) is 17.2. The van der Waals surface area contributed by atoms with Gasteiger partial charge >= 0.3 is 0 Å². The first-order valence-electron chi connectivity index (χ1n) is 10.2. The van der Waals surface area contributed by atoms with Crippen molar-refractivity contribution in [3.8, 4) is 34.1 Å². The second kappa shape index (κ2) is 7.72. The molecule has 0 saturated carbocycles. The molecule has 0 saturated heterocycles. The lowest BCUT2D eigenvalue weighted by Gasteiger charge is -2.08. The molecular formula is C24H16N6O3. The molecule has 160 valence electrons. The molecule has 0 bridgehead atoms. The van der Waals surface area contributed by atoms with Gasteiger partial charge < -0.3 is 14.8 Å². The van der Waals surface area contributed by atoms with Gasteiger partial charge in [0.25, 0.3) is 5.91 Å². The van der Waals surface area contributed by atoms with Gasteiger partial charge in [0.2, 0.25) is 6.79 Å². The van der Waals surface area contributed by atoms with E-state index in [2.05, 4.69) is 20.5 Å². The van der Waals surface area contributed by atoms with E-state index in [0.29, 0.717) is 39.9 Å². The van der Waals surface area contributed by atoms with Crippen molar-refractivity contribution in [3.05, 3.63) is 84.7 Å². The number of pyridine rings is 1. The van der Waals surface area contributed by atoms with Crippen LogP contribution in [0.3, 0.4) is 0 Å². The Morgan fingerprint density at radius 1 is 0.909 bits per heavy atom. The van der Waals surface area contributed by atoms with Crippen molar-refractivity contribution >= 4 is 17.2 Å². The third-order valence-corrected chi connectivity index (χ3v) is 5.23. The summed E-state index contributed by atoms with van der Waals surface area (Å²) in [6, 6.07) is 20.1. The predicted octanol–water partition coefficient (Wildman–Crippen LogP) is 3.83. The first kappa shape index (κ1) is 18.9. The van der Waals surface area contributed by atoms with Gasteiger partial charge in [0.05, 0.1) is 5.69 Å². The van der Waals surface area contributed by atoms with E-state index in [4.69, 9.17) is 14.6 Å². The Hall–Kier alpha value is -4.79. The van der Waals surface area contributed by atoms with E-state index in [1.165, 1.54) is 0 Å². The zero-order valence-corrected chi connectivity index (χ0v) is 17.2. The highest BCUT2D eigenvalue weighted by Gasteiger charge is 2.17. The van der Waals surface area contributed by atoms with Crippen LogP contribution < -0.4 is 14.8 Å². The van der Waals surface area contributed by atoms with Crippen LogP contribution >= 0.6 is 0 Å². The highest BCUT2D eigenvalue weighted by atomic mass is 16.7. The quantitative estimate of drug-likeness (QED) is 0.457. The van der Waals surface area contributed by atoms with Crippen LogP contribution in [0.5, 0.6) is 11.5 Å². The van der Waals surface area contributed by atoms with Gasteiger partial charge in [-0.05, 0) is 54.6 Å². The standard InChI is InChI=1S/C24H16N6O3/c31-24(16-6-8-20-21(12-16)33-14-32-20)26-18-5-1-3-15(11-18)19-7-9-22-27-28-23(30(22)29-19)17-4-2-10-25-13-17/h1-13H,14H2,(H,26,31). The van der Waals surface area contributed by atoms with E-state index in [-0.39, 0.29) is 12.7 Å². The van der Waals surface area contributed by atoms with Crippen molar-refractivity contribution in [2.75, 3.05) is 12.1 Å². The number of anilines is 1. The van der Waals surface area contributed by atoms with Gasteiger partial charge in [0.15, 0.2) is 23.0 Å². The largest absolute Gasteiger partial charge is 0.454 e. The van der Waals surface area contributed by atoms with Crippen LogP contribution in [-0.2, 0) is 0 Å². The van der Waals surface area contributed by atoms with Gasteiger partial charge in [-0.25, -0.2) is 0 Å². The molecule has 5 aromatic rings. The minimum atomic E-state index is -0.244. The summed E-state index contributed by atoms with van der Waals surface area (Å²) < 4.78 is 12.3. The van der Waals surface area contributed by atoms with Gasteiger partial charge in [-0.2, -0.15) is 9.61 Å². The number of rotatable bonds is 4. The lowest BCUT2D eigenvalue weighted by Crippen LogP contribution is -2.11. The number of carbonyl (C=O) groups excluding carboxylic acids is 1. The van der Waals surface area contributed by atoms with Crippen molar-refractivity contribution in [2.24, 2.45) is 0 Å². The molecule has 1 amide bonds. The maximum absolute atomic E-state index is 12.8. The monoisotopic (exact) mass is 436 g/mol. The number of benzene rings is 2. The molecule has 33 heavy (non-hydrogen) atoms. The van der Waals surface area contributed by atoms with Gasteiger partial charge in [0.1, 0.15) is 0 Å². The molecule has 1 aliphatic rings. The summed E-state index contributed by atoms with van der Waals surface area (Å²) in [6.07, 6.45) is 3.42. The molecule has 0 spiro atoms. The van der Waals surface area contributed by atoms with Crippen molar-refractivity contribution in [1.29, 1.82) is 0 Å². The molecule has 1 aliphatic heterocycles. The Kier molecular flexibility index (Phi) is 4.43. The highest BCUT2D eigenvalue weighted by molar-refractivity contribution is 6.05. The Morgan fingerprint density at radius 2 is 1.82 bits per heavy atom. The number of ether oxygens (including phenoxy) is 2. The number of hydrogen-bond acceptors (Lipinski definition) is 7. The molecule has 9 heteroatoms. The number of nitrogens with zero attached hydrogens (tertiary/aromatic N) is 5. The summed E-state index contributed by atoms with van der Waals surface area (Å²) in [5.74, 6) is 1.56. The lowest BCUT2D eigenvalue weighted by atomic mass is 10.1. The van der Waals surface area contributed by atoms with Crippen LogP contribution in [0.15, 0.2) is 79.1 Å². The molecular weight excluding hydrogens is 420 g/mol. The summed E-state index contributed by atoms with van der Waals surface area (Å²) in [7, 11) is 0. The second-order valence-electron chi connectivity index (χ2n) is 7.36. The summed E-state index contributed by atoms with van der Waals surface area (Å²) in [6.45, 7) is 0.161. The molecule has 2 aromatic carbocycles. The fourth-order valence-electron chi connectivity index (χ4n) is 3.62. The topological polar surface area (TPSA) is 104 Å². The Morgan fingerprint density at radius 3 is 2.73 bits per heavy atom. The number of amides is 1. The van der Waals surface area contributed by atoms with Crippen LogP contribution in [-0.4, -0.2) is 37.5 Å². The fourth-order valence-corrected chi connectivity index (χ4v) is 3.62. The molecule has 3 aromatic heterocycles. The van der Waals surface area contributed by atoms with E-state index in [1.807, 2.05) is 48.5 Å². The van der Waals surface area contributed by atoms with E-state index in [0.717, 1.165) is 11.1 Å². The third-order valence-electron chi connectivity index (χ3n) is 5.23. The van der Waals surface area contributed by atoms with Crippen LogP contribution in [0, 0.1) is 0 Å². The zero-order chi connectivity index (χ0) is 22.2. The van der Waals surface area contributed by atoms with Crippen LogP contribution in [0.1, 0.15) is 10.4 Å². The summed E-state index contributed by atoms with van der Waals surface area (Å²) in [4.78, 5) is 16.9. The van der Waals surface area contributed by atoms with E-state index < -0.39 is 0 Å². The van der Waals surface area contributed by atoms with Gasteiger partial charge in [-0.1, -0.05) is 12.1 Å². The van der Waals surface area contributed by atoms with Gasteiger partial charge in [0, 0.05) is 34.8 Å². The molecule has 6 rings (SSSR count).